The number of carboxylic acid groups (broad SMARTS) is 1. The van der Waals surface area contributed by atoms with Crippen LogP contribution in [-0.2, 0) is 24.4 Å². The Hall–Kier alpha value is 0.850. The minimum atomic E-state index is -4.82. The van der Waals surface area contributed by atoms with Crippen molar-refractivity contribution in [2.75, 3.05) is 6.61 Å². The molecule has 150 valence electrons. The average molecular weight is 426 g/mol. The van der Waals surface area contributed by atoms with Crippen LogP contribution in [0.2, 0.25) is 0 Å². The first-order chi connectivity index (χ1) is 11.6. The van der Waals surface area contributed by atoms with Gasteiger partial charge in [0.2, 0.25) is 0 Å². The van der Waals surface area contributed by atoms with Gasteiger partial charge in [-0.15, -0.1) is 0 Å². The maximum absolute atomic E-state index is 11.4. The molecule has 27 heavy (non-hydrogen) atoms. The van der Waals surface area contributed by atoms with Gasteiger partial charge in [0.1, 0.15) is 0 Å². The van der Waals surface area contributed by atoms with Gasteiger partial charge in [-0.3, -0.25) is 14.1 Å². The van der Waals surface area contributed by atoms with Gasteiger partial charge in [-0.25, -0.2) is 0 Å². The Morgan fingerprint density at radius 2 is 1.33 bits per heavy atom. The number of carboxylic acids is 1. The number of hydrogen-bond donors (Lipinski definition) is 2. The molecule has 0 aliphatic carbocycles. The van der Waals surface area contributed by atoms with Crippen molar-refractivity contribution in [3.05, 3.63) is 0 Å². The molecule has 0 saturated carbocycles. The number of unbranched alkanes of at least 4 members (excludes halogenated alkanes) is 7. The number of ether oxygens (including phenoxy) is 1. The fourth-order valence-electron chi connectivity index (χ4n) is 2.43. The predicted molar refractivity (Wildman–Crippen MR) is 106 cm³/mol. The second kappa shape index (κ2) is 18.9. The second-order valence-corrected chi connectivity index (χ2v) is 8.38. The molecule has 0 rings (SSSR count). The van der Waals surface area contributed by atoms with E-state index in [0.29, 0.717) is 6.42 Å². The van der Waals surface area contributed by atoms with Crippen molar-refractivity contribution < 1.29 is 32.4 Å². The molecule has 0 fully saturated rings. The van der Waals surface area contributed by atoms with E-state index in [-0.39, 0.29) is 65.7 Å². The summed E-state index contributed by atoms with van der Waals surface area (Å²) >= 11 is 0. The Bertz CT molecular complexity index is 496. The molecule has 7 nitrogen and oxygen atoms in total. The minimum Gasteiger partial charge on any atom is -0.480 e. The molecule has 0 amide bonds. The van der Waals surface area contributed by atoms with Crippen LogP contribution in [0.5, 0.6) is 0 Å². The van der Waals surface area contributed by atoms with Crippen LogP contribution in [0.4, 0.5) is 0 Å². The van der Waals surface area contributed by atoms with E-state index in [1.807, 2.05) is 0 Å². The Balaban J connectivity index is -0.00000288. The van der Waals surface area contributed by atoms with Crippen molar-refractivity contribution in [2.24, 2.45) is 5.92 Å². The molecule has 0 bridgehead atoms. The molecule has 1 unspecified atom stereocenters. The predicted octanol–water partition coefficient (Wildman–Crippen LogP) is 2.67. The molecule has 0 spiro atoms. The Morgan fingerprint density at radius 3 is 1.74 bits per heavy atom. The first kappa shape index (κ1) is 32.5. The summed E-state index contributed by atoms with van der Waals surface area (Å²) in [6.07, 6.45) is 9.14. The summed E-state index contributed by atoms with van der Waals surface area (Å²) < 4.78 is 35.3. The van der Waals surface area contributed by atoms with Gasteiger partial charge in [0.15, 0.2) is 5.25 Å². The minimum absolute atomic E-state index is 0. The maximum Gasteiger partial charge on any atom is 0.325 e. The van der Waals surface area contributed by atoms with E-state index in [0.717, 1.165) is 25.2 Å². The molecule has 2 N–H and O–H groups in total. The SMILES string of the molecule is CC(C)CCCCCCCCCCOC(=O)CC(C(=O)O)S(=O)(=O)O.[Na].[Na]. The van der Waals surface area contributed by atoms with Crippen LogP contribution in [0, 0.1) is 5.92 Å². The normalized spacial score (nSPS) is 12.0. The van der Waals surface area contributed by atoms with Gasteiger partial charge in [-0.05, 0) is 12.3 Å². The molecule has 0 aliphatic heterocycles. The molecule has 2 radical (unpaired) electrons. The number of esters is 1. The number of rotatable bonds is 15. The van der Waals surface area contributed by atoms with Gasteiger partial charge in [-0.1, -0.05) is 65.2 Å². The van der Waals surface area contributed by atoms with E-state index >= 15 is 0 Å². The first-order valence-corrected chi connectivity index (χ1v) is 10.5. The third-order valence-electron chi connectivity index (χ3n) is 3.93. The summed E-state index contributed by atoms with van der Waals surface area (Å²) in [4.78, 5) is 22.1. The Kier molecular flexibility index (Phi) is 22.7. The van der Waals surface area contributed by atoms with Crippen LogP contribution >= 0.6 is 0 Å². The molecule has 0 saturated heterocycles. The zero-order valence-electron chi connectivity index (χ0n) is 17.3. The summed E-state index contributed by atoms with van der Waals surface area (Å²) in [5.74, 6) is -1.94. The molecule has 0 aromatic carbocycles. The van der Waals surface area contributed by atoms with E-state index in [1.54, 1.807) is 0 Å². The smallest absolute Gasteiger partial charge is 0.325 e. The Morgan fingerprint density at radius 1 is 0.889 bits per heavy atom. The number of hydrogen-bond acceptors (Lipinski definition) is 5. The molecule has 0 aliphatic rings. The standard InChI is InChI=1S/C17H32O7S.2Na/c1-14(2)11-9-7-5-3-4-6-8-10-12-24-16(18)13-15(17(19)20)25(21,22)23;;/h14-15H,3-13H2,1-2H3,(H,19,20)(H,21,22,23);;. The van der Waals surface area contributed by atoms with E-state index < -0.39 is 33.7 Å². The molecular formula is C17H32Na2O7S. The number of aliphatic carboxylic acids is 1. The Labute approximate surface area is 207 Å². The molecule has 0 heterocycles. The van der Waals surface area contributed by atoms with Crippen molar-refractivity contribution in [3.63, 3.8) is 0 Å². The van der Waals surface area contributed by atoms with Crippen LogP contribution in [-0.4, -0.2) is 101 Å². The summed E-state index contributed by atoms with van der Waals surface area (Å²) in [5, 5.41) is 6.51. The van der Waals surface area contributed by atoms with E-state index in [9.17, 15) is 18.0 Å². The van der Waals surface area contributed by atoms with E-state index in [4.69, 9.17) is 14.4 Å². The molecule has 1 atom stereocenters. The topological polar surface area (TPSA) is 118 Å². The fraction of sp³-hybridized carbons (Fsp3) is 0.882. The third-order valence-corrected chi connectivity index (χ3v) is 5.01. The van der Waals surface area contributed by atoms with Crippen LogP contribution in [0.25, 0.3) is 0 Å². The van der Waals surface area contributed by atoms with E-state index in [2.05, 4.69) is 13.8 Å². The van der Waals surface area contributed by atoms with E-state index in [1.165, 1.54) is 32.1 Å². The number of carbonyl (C=O) groups excluding carboxylic acids is 1. The molecular weight excluding hydrogens is 394 g/mol. The average Bonchev–Trinajstić information content (AvgIpc) is 2.48. The summed E-state index contributed by atoms with van der Waals surface area (Å²) in [5.41, 5.74) is 0. The zero-order valence-corrected chi connectivity index (χ0v) is 22.1. The number of carbonyl (C=O) groups is 2. The first-order valence-electron chi connectivity index (χ1n) is 8.99. The van der Waals surface area contributed by atoms with Crippen molar-refractivity contribution in [1.29, 1.82) is 0 Å². The van der Waals surface area contributed by atoms with Gasteiger partial charge in [0, 0.05) is 59.1 Å². The van der Waals surface area contributed by atoms with Crippen molar-refractivity contribution in [2.45, 2.75) is 83.3 Å². The van der Waals surface area contributed by atoms with Crippen LogP contribution in [0.1, 0.15) is 78.1 Å². The third kappa shape index (κ3) is 19.9. The molecule has 0 aromatic rings. The van der Waals surface area contributed by atoms with Crippen LogP contribution in [0.15, 0.2) is 0 Å². The molecule has 0 aromatic heterocycles. The quantitative estimate of drug-likeness (QED) is 0.179. The fourth-order valence-corrected chi connectivity index (χ4v) is 3.03. The van der Waals surface area contributed by atoms with Gasteiger partial charge in [0.05, 0.1) is 13.0 Å². The maximum atomic E-state index is 11.4. The summed E-state index contributed by atoms with van der Waals surface area (Å²) in [6.45, 7) is 4.60. The summed E-state index contributed by atoms with van der Waals surface area (Å²) in [6, 6.07) is 0. The largest absolute Gasteiger partial charge is 0.480 e. The van der Waals surface area contributed by atoms with Crippen molar-refractivity contribution in [1.82, 2.24) is 0 Å². The van der Waals surface area contributed by atoms with Crippen molar-refractivity contribution >= 4 is 81.2 Å². The van der Waals surface area contributed by atoms with Gasteiger partial charge >= 0.3 is 11.9 Å². The zero-order chi connectivity index (χ0) is 19.3. The van der Waals surface area contributed by atoms with Gasteiger partial charge < -0.3 is 9.84 Å². The second-order valence-electron chi connectivity index (χ2n) is 6.78. The van der Waals surface area contributed by atoms with Crippen LogP contribution in [0.3, 0.4) is 0 Å². The van der Waals surface area contributed by atoms with Crippen molar-refractivity contribution in [3.8, 4) is 0 Å². The van der Waals surface area contributed by atoms with Crippen LogP contribution < -0.4 is 0 Å². The monoisotopic (exact) mass is 426 g/mol. The van der Waals surface area contributed by atoms with Gasteiger partial charge in [-0.2, -0.15) is 8.42 Å². The molecule has 10 heteroatoms. The summed E-state index contributed by atoms with van der Waals surface area (Å²) in [7, 11) is -4.82. The van der Waals surface area contributed by atoms with Gasteiger partial charge in [0.25, 0.3) is 10.1 Å².